The molecular weight excluding hydrogens is 240 g/mol. The maximum atomic E-state index is 11.3. The molecule has 96 valence electrons. The summed E-state index contributed by atoms with van der Waals surface area (Å²) in [5.74, 6) is 3.68. The fraction of sp³-hybridized carbons (Fsp3) is 0.909. The van der Waals surface area contributed by atoms with Gasteiger partial charge in [-0.05, 0) is 24.3 Å². The molecule has 0 atom stereocenters. The number of unbranched alkanes of at least 4 members (excludes halogenated alkanes) is 2. The van der Waals surface area contributed by atoms with Gasteiger partial charge in [0.25, 0.3) is 0 Å². The molecule has 0 rings (SSSR count). The van der Waals surface area contributed by atoms with Crippen molar-refractivity contribution in [2.75, 3.05) is 23.3 Å². The average molecular weight is 264 g/mol. The Balaban J connectivity index is 3.12. The third-order valence-corrected chi connectivity index (χ3v) is 3.81. The van der Waals surface area contributed by atoms with E-state index < -0.39 is 0 Å². The predicted molar refractivity (Wildman–Crippen MR) is 76.1 cm³/mol. The fourth-order valence-electron chi connectivity index (χ4n) is 0.933. The molecule has 0 aliphatic carbocycles. The SMILES string of the molecule is CCCCSCNC(=O)NCSCCCC. The molecule has 5 heteroatoms. The highest BCUT2D eigenvalue weighted by Crippen LogP contribution is 2.03. The van der Waals surface area contributed by atoms with Crippen molar-refractivity contribution in [2.24, 2.45) is 0 Å². The summed E-state index contributed by atoms with van der Waals surface area (Å²) < 4.78 is 0. The molecule has 0 unspecified atom stereocenters. The van der Waals surface area contributed by atoms with E-state index in [-0.39, 0.29) is 6.03 Å². The lowest BCUT2D eigenvalue weighted by Crippen LogP contribution is -2.35. The highest BCUT2D eigenvalue weighted by Gasteiger charge is 1.97. The largest absolute Gasteiger partial charge is 0.329 e. The third-order valence-electron chi connectivity index (χ3n) is 1.95. The van der Waals surface area contributed by atoms with E-state index in [9.17, 15) is 4.79 Å². The van der Waals surface area contributed by atoms with E-state index in [0.29, 0.717) is 11.8 Å². The number of amides is 2. The van der Waals surface area contributed by atoms with Gasteiger partial charge in [0.1, 0.15) is 0 Å². The number of hydrogen-bond donors (Lipinski definition) is 2. The van der Waals surface area contributed by atoms with Crippen LogP contribution >= 0.6 is 23.5 Å². The maximum absolute atomic E-state index is 11.3. The minimum Gasteiger partial charge on any atom is -0.329 e. The summed E-state index contributed by atoms with van der Waals surface area (Å²) in [4.78, 5) is 11.3. The van der Waals surface area contributed by atoms with E-state index >= 15 is 0 Å². The lowest BCUT2D eigenvalue weighted by molar-refractivity contribution is 0.244. The first-order valence-corrected chi connectivity index (χ1v) is 8.29. The van der Waals surface area contributed by atoms with Crippen LogP contribution in [-0.2, 0) is 0 Å². The van der Waals surface area contributed by atoms with E-state index in [1.807, 2.05) is 0 Å². The Labute approximate surface area is 108 Å². The molecule has 16 heavy (non-hydrogen) atoms. The third kappa shape index (κ3) is 12.0. The number of carbonyl (C=O) groups is 1. The second-order valence-corrected chi connectivity index (χ2v) is 5.71. The van der Waals surface area contributed by atoms with Crippen LogP contribution in [0.4, 0.5) is 4.79 Å². The summed E-state index contributed by atoms with van der Waals surface area (Å²) in [6.07, 6.45) is 4.88. The zero-order valence-corrected chi connectivity index (χ0v) is 12.0. The summed E-state index contributed by atoms with van der Waals surface area (Å²) >= 11 is 3.55. The van der Waals surface area contributed by atoms with Crippen LogP contribution in [0.1, 0.15) is 39.5 Å². The van der Waals surface area contributed by atoms with Crippen molar-refractivity contribution in [3.63, 3.8) is 0 Å². The summed E-state index contributed by atoms with van der Waals surface area (Å²) in [6.45, 7) is 4.35. The van der Waals surface area contributed by atoms with Crippen molar-refractivity contribution in [3.8, 4) is 0 Å². The number of rotatable bonds is 10. The molecular formula is C11H24N2OS2. The molecule has 0 aromatic heterocycles. The molecule has 0 saturated heterocycles. The Bertz CT molecular complexity index is 152. The number of hydrogen-bond acceptors (Lipinski definition) is 3. The van der Waals surface area contributed by atoms with Crippen molar-refractivity contribution >= 4 is 29.6 Å². The summed E-state index contributed by atoms with van der Waals surface area (Å²) in [5, 5.41) is 5.66. The Morgan fingerprint density at radius 3 is 1.75 bits per heavy atom. The minimum atomic E-state index is -0.0482. The van der Waals surface area contributed by atoms with Crippen molar-refractivity contribution < 1.29 is 4.79 Å². The number of carbonyl (C=O) groups excluding carboxylic acids is 1. The molecule has 0 fully saturated rings. The molecule has 0 bridgehead atoms. The lowest BCUT2D eigenvalue weighted by Gasteiger charge is -2.06. The molecule has 0 aromatic rings. The first-order chi connectivity index (χ1) is 7.81. The molecule has 0 aliphatic rings. The molecule has 0 aromatic carbocycles. The smallest absolute Gasteiger partial charge is 0.316 e. The lowest BCUT2D eigenvalue weighted by atomic mass is 10.4. The summed E-state index contributed by atoms with van der Waals surface area (Å²) in [5.41, 5.74) is 0. The number of urea groups is 1. The standard InChI is InChI=1S/C11H24N2OS2/c1-3-5-7-15-9-12-11(14)13-10-16-8-6-4-2/h3-10H2,1-2H3,(H2,12,13,14). The predicted octanol–water partition coefficient (Wildman–Crippen LogP) is 3.27. The van der Waals surface area contributed by atoms with Gasteiger partial charge in [-0.1, -0.05) is 26.7 Å². The van der Waals surface area contributed by atoms with Crippen LogP contribution in [0.5, 0.6) is 0 Å². The van der Waals surface area contributed by atoms with Crippen LogP contribution in [0.2, 0.25) is 0 Å². The van der Waals surface area contributed by atoms with Crippen molar-refractivity contribution in [2.45, 2.75) is 39.5 Å². The molecule has 0 aliphatic heterocycles. The fourth-order valence-corrected chi connectivity index (χ4v) is 2.67. The van der Waals surface area contributed by atoms with E-state index in [4.69, 9.17) is 0 Å². The summed E-state index contributed by atoms with van der Waals surface area (Å²) in [7, 11) is 0. The van der Waals surface area contributed by atoms with Gasteiger partial charge in [-0.25, -0.2) is 4.79 Å². The maximum Gasteiger partial charge on any atom is 0.316 e. The van der Waals surface area contributed by atoms with E-state index in [2.05, 4.69) is 24.5 Å². The molecule has 0 saturated carbocycles. The van der Waals surface area contributed by atoms with Gasteiger partial charge < -0.3 is 10.6 Å². The second-order valence-electron chi connectivity index (χ2n) is 3.49. The van der Waals surface area contributed by atoms with Crippen LogP contribution in [0.25, 0.3) is 0 Å². The van der Waals surface area contributed by atoms with Gasteiger partial charge in [0.05, 0.1) is 11.8 Å². The van der Waals surface area contributed by atoms with Gasteiger partial charge >= 0.3 is 6.03 Å². The Hall–Kier alpha value is -0.0300. The highest BCUT2D eigenvalue weighted by molar-refractivity contribution is 7.99. The van der Waals surface area contributed by atoms with Crippen LogP contribution in [0, 0.1) is 0 Å². The molecule has 0 spiro atoms. The molecule has 0 radical (unpaired) electrons. The Kier molecular flexibility index (Phi) is 13.0. The number of nitrogens with one attached hydrogen (secondary N) is 2. The first-order valence-electron chi connectivity index (χ1n) is 5.98. The second kappa shape index (κ2) is 13.0. The van der Waals surface area contributed by atoms with Crippen molar-refractivity contribution in [1.82, 2.24) is 10.6 Å². The van der Waals surface area contributed by atoms with E-state index in [1.165, 1.54) is 25.7 Å². The normalized spacial score (nSPS) is 10.1. The van der Waals surface area contributed by atoms with Crippen molar-refractivity contribution in [1.29, 1.82) is 0 Å². The van der Waals surface area contributed by atoms with E-state index in [1.54, 1.807) is 23.5 Å². The average Bonchev–Trinajstić information content (AvgIpc) is 2.28. The number of thioether (sulfide) groups is 2. The van der Waals surface area contributed by atoms with Crippen LogP contribution in [0.3, 0.4) is 0 Å². The molecule has 2 N–H and O–H groups in total. The molecule has 3 nitrogen and oxygen atoms in total. The minimum absolute atomic E-state index is 0.0482. The van der Waals surface area contributed by atoms with Gasteiger partial charge in [-0.3, -0.25) is 0 Å². The van der Waals surface area contributed by atoms with Crippen LogP contribution < -0.4 is 10.6 Å². The summed E-state index contributed by atoms with van der Waals surface area (Å²) in [6, 6.07) is -0.0482. The molecule has 2 amide bonds. The van der Waals surface area contributed by atoms with Gasteiger partial charge in [0.2, 0.25) is 0 Å². The van der Waals surface area contributed by atoms with Gasteiger partial charge in [0, 0.05) is 0 Å². The zero-order valence-electron chi connectivity index (χ0n) is 10.4. The van der Waals surface area contributed by atoms with E-state index in [0.717, 1.165) is 11.5 Å². The van der Waals surface area contributed by atoms with Crippen LogP contribution in [0.15, 0.2) is 0 Å². The first kappa shape index (κ1) is 16.0. The topological polar surface area (TPSA) is 41.1 Å². The van der Waals surface area contributed by atoms with Gasteiger partial charge in [0.15, 0.2) is 0 Å². The quantitative estimate of drug-likeness (QED) is 0.470. The monoisotopic (exact) mass is 264 g/mol. The Morgan fingerprint density at radius 2 is 1.38 bits per heavy atom. The van der Waals surface area contributed by atoms with Gasteiger partial charge in [-0.15, -0.1) is 23.5 Å². The van der Waals surface area contributed by atoms with Crippen molar-refractivity contribution in [3.05, 3.63) is 0 Å². The van der Waals surface area contributed by atoms with Crippen LogP contribution in [-0.4, -0.2) is 29.3 Å². The molecule has 0 heterocycles. The highest BCUT2D eigenvalue weighted by atomic mass is 32.2. The Morgan fingerprint density at radius 1 is 0.938 bits per heavy atom. The zero-order chi connectivity index (χ0) is 12.1. The van der Waals surface area contributed by atoms with Gasteiger partial charge in [-0.2, -0.15) is 0 Å².